The van der Waals surface area contributed by atoms with E-state index in [4.69, 9.17) is 0 Å². The van der Waals surface area contributed by atoms with Crippen molar-refractivity contribution in [2.75, 3.05) is 13.1 Å². The van der Waals surface area contributed by atoms with Crippen molar-refractivity contribution in [3.8, 4) is 0 Å². The second-order valence-electron chi connectivity index (χ2n) is 5.07. The number of aromatic nitrogens is 2. The Balaban J connectivity index is 1.67. The number of carbonyl (C=O) groups excluding carboxylic acids is 1. The van der Waals surface area contributed by atoms with E-state index in [1.54, 1.807) is 0 Å². The predicted octanol–water partition coefficient (Wildman–Crippen LogP) is 1.72. The zero-order chi connectivity index (χ0) is 14.7. The summed E-state index contributed by atoms with van der Waals surface area (Å²) in [5.74, 6) is -0.0771. The Morgan fingerprint density at radius 1 is 1.48 bits per heavy atom. The molecule has 0 saturated heterocycles. The Morgan fingerprint density at radius 2 is 2.33 bits per heavy atom. The van der Waals surface area contributed by atoms with Crippen LogP contribution in [0.5, 0.6) is 0 Å². The highest BCUT2D eigenvalue weighted by atomic mass is 32.1. The second kappa shape index (κ2) is 6.32. The van der Waals surface area contributed by atoms with Crippen LogP contribution in [0.2, 0.25) is 0 Å². The monoisotopic (exact) mass is 302 g/mol. The van der Waals surface area contributed by atoms with E-state index in [1.807, 2.05) is 13.0 Å². The molecule has 1 atom stereocenters. The van der Waals surface area contributed by atoms with Crippen molar-refractivity contribution in [2.24, 2.45) is 0 Å². The highest BCUT2D eigenvalue weighted by molar-refractivity contribution is 7.08. The summed E-state index contributed by atoms with van der Waals surface area (Å²) in [7, 11) is 0. The number of fused-ring (bicyclic) bond motifs is 1. The van der Waals surface area contributed by atoms with Gasteiger partial charge in [-0.25, -0.2) is 0 Å². The third-order valence-electron chi connectivity index (χ3n) is 3.78. The fraction of sp³-hybridized carbons (Fsp3) is 0.400. The van der Waals surface area contributed by atoms with E-state index in [-0.39, 0.29) is 11.9 Å². The molecule has 0 bridgehead atoms. The van der Waals surface area contributed by atoms with Crippen LogP contribution in [0.1, 0.15) is 39.5 Å². The van der Waals surface area contributed by atoms with Gasteiger partial charge in [-0.3, -0.25) is 4.79 Å². The van der Waals surface area contributed by atoms with Gasteiger partial charge in [-0.05, 0) is 42.0 Å². The molecule has 0 radical (unpaired) electrons. The molecule has 21 heavy (non-hydrogen) atoms. The lowest BCUT2D eigenvalue weighted by Crippen LogP contribution is -2.38. The van der Waals surface area contributed by atoms with E-state index < -0.39 is 0 Å². The molecule has 1 unspecified atom stereocenters. The molecule has 3 rings (SSSR count). The number of hydrogen-bond acceptors (Lipinski definition) is 5. The van der Waals surface area contributed by atoms with Gasteiger partial charge in [0.1, 0.15) is 4.88 Å². The maximum atomic E-state index is 12.2. The van der Waals surface area contributed by atoms with Gasteiger partial charge in [-0.15, -0.1) is 5.10 Å². The van der Waals surface area contributed by atoms with Crippen LogP contribution < -0.4 is 10.6 Å². The van der Waals surface area contributed by atoms with Crippen molar-refractivity contribution in [1.29, 1.82) is 0 Å². The van der Waals surface area contributed by atoms with Gasteiger partial charge in [0.15, 0.2) is 0 Å². The van der Waals surface area contributed by atoms with Gasteiger partial charge in [0.05, 0.1) is 5.69 Å². The number of amides is 1. The number of nitrogens with zero attached hydrogens (tertiary/aromatic N) is 2. The number of carbonyl (C=O) groups is 1. The quantitative estimate of drug-likeness (QED) is 0.902. The third kappa shape index (κ3) is 2.96. The van der Waals surface area contributed by atoms with Crippen molar-refractivity contribution >= 4 is 17.4 Å². The minimum absolute atomic E-state index is 0.0771. The number of aryl methyl sites for hydroxylation is 1. The van der Waals surface area contributed by atoms with Crippen LogP contribution in [-0.4, -0.2) is 28.6 Å². The van der Waals surface area contributed by atoms with Crippen LogP contribution in [-0.2, 0) is 12.8 Å². The summed E-state index contributed by atoms with van der Waals surface area (Å²) in [4.78, 5) is 12.9. The summed E-state index contributed by atoms with van der Waals surface area (Å²) in [6, 6.07) is 8.57. The molecule has 1 aliphatic rings. The molecule has 2 N–H and O–H groups in total. The molecule has 1 aliphatic heterocycles. The van der Waals surface area contributed by atoms with Gasteiger partial charge >= 0.3 is 0 Å². The summed E-state index contributed by atoms with van der Waals surface area (Å²) >= 11 is 1.16. The molecule has 1 amide bonds. The van der Waals surface area contributed by atoms with Crippen LogP contribution in [0.25, 0.3) is 0 Å². The number of hydrogen-bond donors (Lipinski definition) is 2. The zero-order valence-corrected chi connectivity index (χ0v) is 12.7. The summed E-state index contributed by atoms with van der Waals surface area (Å²) < 4.78 is 3.86. The lowest BCUT2D eigenvalue weighted by atomic mass is 9.94. The summed E-state index contributed by atoms with van der Waals surface area (Å²) in [5, 5.41) is 10.4. The van der Waals surface area contributed by atoms with Crippen molar-refractivity contribution in [3.63, 3.8) is 0 Å². The average Bonchev–Trinajstić information content (AvgIpc) is 3.01. The van der Waals surface area contributed by atoms with Crippen molar-refractivity contribution in [2.45, 2.75) is 25.8 Å². The van der Waals surface area contributed by atoms with E-state index in [0.717, 1.165) is 36.6 Å². The summed E-state index contributed by atoms with van der Waals surface area (Å²) in [5.41, 5.74) is 3.42. The van der Waals surface area contributed by atoms with Gasteiger partial charge in [0.25, 0.3) is 5.91 Å². The Kier molecular flexibility index (Phi) is 4.26. The molecule has 0 fully saturated rings. The first-order chi connectivity index (χ1) is 10.3. The van der Waals surface area contributed by atoms with E-state index >= 15 is 0 Å². The minimum atomic E-state index is -0.0771. The maximum absolute atomic E-state index is 12.2. The third-order valence-corrected chi connectivity index (χ3v) is 4.55. The first-order valence-electron chi connectivity index (χ1n) is 7.20. The molecule has 2 aromatic rings. The summed E-state index contributed by atoms with van der Waals surface area (Å²) in [6.45, 7) is 3.50. The van der Waals surface area contributed by atoms with Crippen molar-refractivity contribution in [1.82, 2.24) is 20.2 Å². The molecular formula is C15H18N4OS. The molecule has 110 valence electrons. The fourth-order valence-corrected chi connectivity index (χ4v) is 3.33. The van der Waals surface area contributed by atoms with E-state index in [2.05, 4.69) is 38.4 Å². The molecule has 1 aromatic heterocycles. The normalized spacial score (nSPS) is 17.3. The highest BCUT2D eigenvalue weighted by Gasteiger charge is 2.21. The zero-order valence-electron chi connectivity index (χ0n) is 11.9. The predicted molar refractivity (Wildman–Crippen MR) is 82.5 cm³/mol. The van der Waals surface area contributed by atoms with E-state index in [9.17, 15) is 4.79 Å². The molecule has 0 spiro atoms. The van der Waals surface area contributed by atoms with Gasteiger partial charge in [0.2, 0.25) is 0 Å². The Labute approximate surface area is 127 Å². The number of rotatable bonds is 4. The van der Waals surface area contributed by atoms with Gasteiger partial charge in [-0.2, -0.15) is 0 Å². The van der Waals surface area contributed by atoms with Gasteiger partial charge in [-0.1, -0.05) is 35.7 Å². The van der Waals surface area contributed by atoms with E-state index in [0.29, 0.717) is 11.4 Å². The second-order valence-corrected chi connectivity index (χ2v) is 5.82. The highest BCUT2D eigenvalue weighted by Crippen LogP contribution is 2.22. The molecular weight excluding hydrogens is 284 g/mol. The Morgan fingerprint density at radius 3 is 3.19 bits per heavy atom. The van der Waals surface area contributed by atoms with Crippen molar-refractivity contribution in [3.05, 3.63) is 46.0 Å². The fourth-order valence-electron chi connectivity index (χ4n) is 2.66. The largest absolute Gasteiger partial charge is 0.349 e. The molecule has 0 saturated carbocycles. The van der Waals surface area contributed by atoms with Crippen LogP contribution in [0.15, 0.2) is 24.3 Å². The number of nitrogens with one attached hydrogen (secondary N) is 2. The van der Waals surface area contributed by atoms with Crippen molar-refractivity contribution < 1.29 is 4.79 Å². The molecule has 1 aromatic carbocycles. The minimum Gasteiger partial charge on any atom is -0.349 e. The van der Waals surface area contributed by atoms with Gasteiger partial charge in [0, 0.05) is 12.6 Å². The SMILES string of the molecule is CCc1nnsc1C(=O)NCC1NCCc2ccccc21. The number of benzene rings is 1. The van der Waals surface area contributed by atoms with Crippen LogP contribution in [0, 0.1) is 0 Å². The smallest absolute Gasteiger partial charge is 0.265 e. The van der Waals surface area contributed by atoms with Gasteiger partial charge < -0.3 is 10.6 Å². The lowest BCUT2D eigenvalue weighted by Gasteiger charge is -2.27. The van der Waals surface area contributed by atoms with Crippen LogP contribution in [0.4, 0.5) is 0 Å². The van der Waals surface area contributed by atoms with Crippen LogP contribution >= 0.6 is 11.5 Å². The molecule has 6 heteroatoms. The first-order valence-corrected chi connectivity index (χ1v) is 7.97. The Hall–Kier alpha value is -1.79. The molecule has 0 aliphatic carbocycles. The molecule has 5 nitrogen and oxygen atoms in total. The summed E-state index contributed by atoms with van der Waals surface area (Å²) in [6.07, 6.45) is 1.77. The maximum Gasteiger partial charge on any atom is 0.265 e. The van der Waals surface area contributed by atoms with E-state index in [1.165, 1.54) is 11.1 Å². The molecule has 2 heterocycles. The standard InChI is InChI=1S/C15H18N4OS/c1-2-12-14(21-19-18-12)15(20)17-9-13-11-6-4-3-5-10(11)7-8-16-13/h3-6,13,16H,2,7-9H2,1H3,(H,17,20). The Bertz CT molecular complexity index is 640. The van der Waals surface area contributed by atoms with Crippen LogP contribution in [0.3, 0.4) is 0 Å². The average molecular weight is 302 g/mol. The topological polar surface area (TPSA) is 66.9 Å². The lowest BCUT2D eigenvalue weighted by molar-refractivity contribution is 0.0952. The first kappa shape index (κ1) is 14.2.